The Morgan fingerprint density at radius 3 is 2.80 bits per heavy atom. The van der Waals surface area contributed by atoms with Gasteiger partial charge in [-0.25, -0.2) is 4.98 Å². The van der Waals surface area contributed by atoms with Gasteiger partial charge in [0, 0.05) is 14.9 Å². The predicted octanol–water partition coefficient (Wildman–Crippen LogP) is 3.76. The van der Waals surface area contributed by atoms with Crippen LogP contribution in [-0.2, 0) is 0 Å². The number of nitrogen functional groups attached to an aromatic ring is 1. The van der Waals surface area contributed by atoms with Gasteiger partial charge in [-0.2, -0.15) is 0 Å². The minimum atomic E-state index is 0.0520. The van der Waals surface area contributed by atoms with E-state index in [9.17, 15) is 0 Å². The summed E-state index contributed by atoms with van der Waals surface area (Å²) in [6.07, 6.45) is 0. The number of aromatic nitrogens is 2. The summed E-state index contributed by atoms with van der Waals surface area (Å²) in [5.41, 5.74) is 8.24. The van der Waals surface area contributed by atoms with Gasteiger partial charge in [-0.3, -0.25) is 5.41 Å². The molecule has 0 aliphatic rings. The van der Waals surface area contributed by atoms with Crippen molar-refractivity contribution in [1.82, 2.24) is 9.97 Å². The average molecular weight is 347 g/mol. The Hall–Kier alpha value is -1.79. The molecule has 0 saturated heterocycles. The fourth-order valence-corrected chi connectivity index (χ4v) is 3.38. The third kappa shape index (κ3) is 2.57. The fourth-order valence-electron chi connectivity index (χ4n) is 1.89. The van der Waals surface area contributed by atoms with E-state index in [-0.39, 0.29) is 5.84 Å². The zero-order chi connectivity index (χ0) is 14.1. The maximum absolute atomic E-state index is 7.64. The second kappa shape index (κ2) is 5.30. The number of imidazole rings is 1. The van der Waals surface area contributed by atoms with Crippen LogP contribution in [0.1, 0.15) is 5.56 Å². The largest absolute Gasteiger partial charge is 0.384 e. The average Bonchev–Trinajstić information content (AvgIpc) is 2.80. The first-order valence-electron chi connectivity index (χ1n) is 5.90. The highest BCUT2D eigenvalue weighted by Gasteiger charge is 2.10. The summed E-state index contributed by atoms with van der Waals surface area (Å²) in [6.45, 7) is 0. The molecule has 4 N–H and O–H groups in total. The molecule has 0 amide bonds. The van der Waals surface area contributed by atoms with E-state index >= 15 is 0 Å². The van der Waals surface area contributed by atoms with Gasteiger partial charge in [0.1, 0.15) is 5.84 Å². The summed E-state index contributed by atoms with van der Waals surface area (Å²) in [5, 5.41) is 8.42. The second-order valence-corrected chi connectivity index (χ2v) is 6.16. The monoisotopic (exact) mass is 346 g/mol. The van der Waals surface area contributed by atoms with Crippen LogP contribution in [0, 0.1) is 5.41 Å². The summed E-state index contributed by atoms with van der Waals surface area (Å²) in [6, 6.07) is 13.5. The first-order valence-corrected chi connectivity index (χ1v) is 7.51. The number of nitrogens with zero attached hydrogens (tertiary/aromatic N) is 1. The Labute approximate surface area is 128 Å². The highest BCUT2D eigenvalue weighted by Crippen LogP contribution is 2.31. The Morgan fingerprint density at radius 1 is 1.25 bits per heavy atom. The Balaban J connectivity index is 2.01. The Morgan fingerprint density at radius 2 is 2.05 bits per heavy atom. The molecule has 4 nitrogen and oxygen atoms in total. The molecule has 0 bridgehead atoms. The first kappa shape index (κ1) is 13.2. The summed E-state index contributed by atoms with van der Waals surface area (Å²) in [5.74, 6) is 0.0520. The molecule has 0 aliphatic heterocycles. The van der Waals surface area contributed by atoms with Crippen LogP contribution in [0.25, 0.3) is 11.0 Å². The lowest BCUT2D eigenvalue weighted by molar-refractivity contribution is 1.08. The van der Waals surface area contributed by atoms with Gasteiger partial charge in [-0.05, 0) is 30.3 Å². The quantitative estimate of drug-likeness (QED) is 0.499. The molecular weight excluding hydrogens is 336 g/mol. The van der Waals surface area contributed by atoms with Crippen LogP contribution in [0.5, 0.6) is 0 Å². The van der Waals surface area contributed by atoms with Gasteiger partial charge in [0.2, 0.25) is 0 Å². The number of hydrogen-bond donors (Lipinski definition) is 3. The molecule has 1 heterocycles. The summed E-state index contributed by atoms with van der Waals surface area (Å²) in [7, 11) is 0. The molecule has 6 heteroatoms. The van der Waals surface area contributed by atoms with Crippen molar-refractivity contribution < 1.29 is 0 Å². The second-order valence-electron chi connectivity index (χ2n) is 4.22. The Kier molecular flexibility index (Phi) is 3.50. The van der Waals surface area contributed by atoms with E-state index in [0.29, 0.717) is 5.56 Å². The van der Waals surface area contributed by atoms with Gasteiger partial charge in [0.05, 0.1) is 11.0 Å². The van der Waals surface area contributed by atoms with Crippen molar-refractivity contribution in [3.8, 4) is 0 Å². The van der Waals surface area contributed by atoms with Crippen LogP contribution in [-0.4, -0.2) is 15.8 Å². The molecule has 2 aromatic carbocycles. The lowest BCUT2D eigenvalue weighted by Crippen LogP contribution is -2.12. The van der Waals surface area contributed by atoms with Gasteiger partial charge in [0.25, 0.3) is 0 Å². The third-order valence-corrected chi connectivity index (χ3v) is 4.25. The number of para-hydroxylation sites is 2. The minimum absolute atomic E-state index is 0.0520. The normalized spacial score (nSPS) is 10.8. The zero-order valence-corrected chi connectivity index (χ0v) is 12.8. The number of H-pyrrole nitrogens is 1. The van der Waals surface area contributed by atoms with E-state index in [1.165, 1.54) is 11.8 Å². The molecule has 3 rings (SSSR count). The topological polar surface area (TPSA) is 78.6 Å². The van der Waals surface area contributed by atoms with E-state index in [1.54, 1.807) is 0 Å². The highest BCUT2D eigenvalue weighted by atomic mass is 79.9. The minimum Gasteiger partial charge on any atom is -0.384 e. The standard InChI is InChI=1S/C14H11BrN4S/c15-8-5-6-9(13(16)17)12(7-8)20-14-18-10-3-1-2-4-11(10)19-14/h1-7H,(H3,16,17)(H,18,19). The number of halogens is 1. The van der Waals surface area contributed by atoms with E-state index < -0.39 is 0 Å². The third-order valence-electron chi connectivity index (χ3n) is 2.81. The van der Waals surface area contributed by atoms with E-state index in [2.05, 4.69) is 25.9 Å². The molecule has 0 fully saturated rings. The SMILES string of the molecule is N=C(N)c1ccc(Br)cc1Sc1nc2ccccc2[nH]1. The Bertz CT molecular complexity index is 764. The van der Waals surface area contributed by atoms with Crippen molar-refractivity contribution >= 4 is 44.6 Å². The first-order chi connectivity index (χ1) is 9.63. The number of aromatic amines is 1. The number of fused-ring (bicyclic) bond motifs is 1. The van der Waals surface area contributed by atoms with Gasteiger partial charge in [0.15, 0.2) is 5.16 Å². The fraction of sp³-hybridized carbons (Fsp3) is 0. The van der Waals surface area contributed by atoms with Gasteiger partial charge in [-0.1, -0.05) is 39.8 Å². The van der Waals surface area contributed by atoms with Gasteiger partial charge >= 0.3 is 0 Å². The molecule has 3 aromatic rings. The van der Waals surface area contributed by atoms with Crippen molar-refractivity contribution in [2.75, 3.05) is 0 Å². The predicted molar refractivity (Wildman–Crippen MR) is 85.4 cm³/mol. The van der Waals surface area contributed by atoms with Gasteiger partial charge < -0.3 is 10.7 Å². The van der Waals surface area contributed by atoms with E-state index in [0.717, 1.165) is 25.6 Å². The molecule has 0 radical (unpaired) electrons. The molecule has 100 valence electrons. The molecule has 0 spiro atoms. The lowest BCUT2D eigenvalue weighted by atomic mass is 10.2. The van der Waals surface area contributed by atoms with Crippen molar-refractivity contribution in [2.24, 2.45) is 5.73 Å². The molecule has 20 heavy (non-hydrogen) atoms. The van der Waals surface area contributed by atoms with Crippen molar-refractivity contribution in [3.05, 3.63) is 52.5 Å². The van der Waals surface area contributed by atoms with E-state index in [4.69, 9.17) is 11.1 Å². The number of benzene rings is 2. The van der Waals surface area contributed by atoms with Crippen LogP contribution < -0.4 is 5.73 Å². The summed E-state index contributed by atoms with van der Waals surface area (Å²) < 4.78 is 0.945. The lowest BCUT2D eigenvalue weighted by Gasteiger charge is -2.06. The van der Waals surface area contributed by atoms with Crippen LogP contribution in [0.4, 0.5) is 0 Å². The maximum Gasteiger partial charge on any atom is 0.171 e. The van der Waals surface area contributed by atoms with E-state index in [1.807, 2.05) is 42.5 Å². The number of rotatable bonds is 3. The summed E-state index contributed by atoms with van der Waals surface area (Å²) in [4.78, 5) is 8.67. The zero-order valence-electron chi connectivity index (χ0n) is 10.4. The van der Waals surface area contributed by atoms with Crippen molar-refractivity contribution in [2.45, 2.75) is 10.1 Å². The van der Waals surface area contributed by atoms with Crippen LogP contribution >= 0.6 is 27.7 Å². The van der Waals surface area contributed by atoms with Crippen LogP contribution in [0.15, 0.2) is 57.0 Å². The molecule has 0 atom stereocenters. The molecule has 0 aliphatic carbocycles. The van der Waals surface area contributed by atoms with Crippen molar-refractivity contribution in [1.29, 1.82) is 5.41 Å². The molecule has 0 saturated carbocycles. The molecule has 0 unspecified atom stereocenters. The van der Waals surface area contributed by atoms with Gasteiger partial charge in [-0.15, -0.1) is 0 Å². The maximum atomic E-state index is 7.64. The van der Waals surface area contributed by atoms with Crippen molar-refractivity contribution in [3.63, 3.8) is 0 Å². The number of nitrogens with one attached hydrogen (secondary N) is 2. The molecule has 1 aromatic heterocycles. The summed E-state index contributed by atoms with van der Waals surface area (Å²) >= 11 is 4.90. The number of amidine groups is 1. The van der Waals surface area contributed by atoms with Crippen LogP contribution in [0.3, 0.4) is 0 Å². The highest BCUT2D eigenvalue weighted by molar-refractivity contribution is 9.10. The number of hydrogen-bond acceptors (Lipinski definition) is 3. The smallest absolute Gasteiger partial charge is 0.171 e. The van der Waals surface area contributed by atoms with Crippen LogP contribution in [0.2, 0.25) is 0 Å². The molecular formula is C14H11BrN4S. The number of nitrogens with two attached hydrogens (primary N) is 1.